The van der Waals surface area contributed by atoms with E-state index in [1.807, 2.05) is 0 Å². The zero-order chi connectivity index (χ0) is 38.1. The van der Waals surface area contributed by atoms with Gasteiger partial charge in [-0.25, -0.2) is 28.3 Å². The molecule has 0 bridgehead atoms. The summed E-state index contributed by atoms with van der Waals surface area (Å²) in [4.78, 5) is 102. The summed E-state index contributed by atoms with van der Waals surface area (Å²) < 4.78 is 7.57. The van der Waals surface area contributed by atoms with Crippen LogP contribution >= 0.6 is 34.8 Å². The third-order valence-electron chi connectivity index (χ3n) is 7.86. The molecule has 4 N–H and O–H groups in total. The van der Waals surface area contributed by atoms with Crippen molar-refractivity contribution >= 4 is 70.3 Å². The molecule has 1 aromatic heterocycles. The number of amides is 2. The van der Waals surface area contributed by atoms with Crippen LogP contribution in [0.15, 0.2) is 64.2 Å². The number of carbonyl (C=O) groups is 6. The van der Waals surface area contributed by atoms with Crippen LogP contribution in [0, 0.1) is 0 Å². The first-order valence-electron chi connectivity index (χ1n) is 15.7. The van der Waals surface area contributed by atoms with Crippen molar-refractivity contribution in [2.45, 2.75) is 56.8 Å². The number of carboxylic acids is 2. The fourth-order valence-corrected chi connectivity index (χ4v) is 6.03. The van der Waals surface area contributed by atoms with Gasteiger partial charge in [-0.15, -0.1) is 0 Å². The predicted octanol–water partition coefficient (Wildman–Crippen LogP) is 2.42. The molecule has 3 atom stereocenters. The lowest BCUT2D eigenvalue weighted by Crippen LogP contribution is -2.49. The molecule has 1 aliphatic rings. The number of benzene rings is 2. The standard InChI is InChI=1S/C33H32Cl3N5O11/c34-19-8-6-18(7-9-19)15-26(43)37-13-12-20-10-11-24(41-33(51)39(32(50)40(20)41)14-2-5-27(44)45)30(48)38-23(16-28(46)47)25(42)17-52-31(49)29-21(35)3-1-4-22(29)36/h1,3-4,6-11,20,23-24H,2,5,12-17H2,(H,37,43)(H,38,48)(H,44,45)(H,46,47)/t20?,23-,24?/m0/s1. The Labute approximate surface area is 309 Å². The molecule has 52 heavy (non-hydrogen) atoms. The molecule has 19 heteroatoms. The van der Waals surface area contributed by atoms with Crippen LogP contribution in [0.3, 0.4) is 0 Å². The van der Waals surface area contributed by atoms with Gasteiger partial charge in [0.25, 0.3) is 0 Å². The number of allylic oxidation sites excluding steroid dienone is 1. The number of aromatic nitrogens is 3. The van der Waals surface area contributed by atoms with E-state index in [2.05, 4.69) is 10.6 Å². The minimum absolute atomic E-state index is 0.0493. The Balaban J connectivity index is 1.53. The van der Waals surface area contributed by atoms with Gasteiger partial charge in [-0.2, -0.15) is 0 Å². The Morgan fingerprint density at radius 2 is 1.52 bits per heavy atom. The fourth-order valence-electron chi connectivity index (χ4n) is 5.35. The van der Waals surface area contributed by atoms with E-state index < -0.39 is 72.1 Å². The lowest BCUT2D eigenvalue weighted by Gasteiger charge is -2.27. The molecule has 1 aliphatic heterocycles. The number of carboxylic acid groups (broad SMARTS) is 2. The van der Waals surface area contributed by atoms with Crippen molar-refractivity contribution in [2.24, 2.45) is 0 Å². The van der Waals surface area contributed by atoms with E-state index in [0.29, 0.717) is 10.6 Å². The second-order valence-corrected chi connectivity index (χ2v) is 12.8. The first-order valence-corrected chi connectivity index (χ1v) is 16.8. The molecule has 0 radical (unpaired) electrons. The molecule has 0 saturated heterocycles. The van der Waals surface area contributed by atoms with E-state index in [-0.39, 0.29) is 60.3 Å². The maximum absolute atomic E-state index is 13.6. The molecular weight excluding hydrogens is 749 g/mol. The number of fused-ring (bicyclic) bond motifs is 1. The summed E-state index contributed by atoms with van der Waals surface area (Å²) in [5.74, 6) is -6.12. The van der Waals surface area contributed by atoms with Gasteiger partial charge < -0.3 is 25.6 Å². The third kappa shape index (κ3) is 9.98. The largest absolute Gasteiger partial charge is 0.481 e. The Bertz CT molecular complexity index is 2000. The molecule has 2 aromatic carbocycles. The summed E-state index contributed by atoms with van der Waals surface area (Å²) in [7, 11) is 0. The number of aliphatic carboxylic acids is 2. The molecule has 4 rings (SSSR count). The maximum Gasteiger partial charge on any atom is 0.348 e. The summed E-state index contributed by atoms with van der Waals surface area (Å²) in [6.45, 7) is -1.22. The second-order valence-electron chi connectivity index (χ2n) is 11.5. The number of Topliss-reactive ketones (excluding diaryl/α,β-unsaturated/α-hetero) is 1. The molecule has 3 aromatic rings. The molecule has 2 heterocycles. The fraction of sp³-hybridized carbons (Fsp3) is 0.333. The predicted molar refractivity (Wildman–Crippen MR) is 186 cm³/mol. The molecular formula is C33H32Cl3N5O11. The number of nitrogens with zero attached hydrogens (tertiary/aromatic N) is 3. The Morgan fingerprint density at radius 3 is 2.15 bits per heavy atom. The van der Waals surface area contributed by atoms with Gasteiger partial charge in [0.1, 0.15) is 6.04 Å². The maximum atomic E-state index is 13.6. The van der Waals surface area contributed by atoms with Gasteiger partial charge in [0.15, 0.2) is 18.4 Å². The number of esters is 1. The molecule has 0 saturated carbocycles. The van der Waals surface area contributed by atoms with Crippen LogP contribution in [0.2, 0.25) is 15.1 Å². The third-order valence-corrected chi connectivity index (χ3v) is 8.74. The number of carbonyl (C=O) groups excluding carboxylic acids is 4. The zero-order valence-electron chi connectivity index (χ0n) is 27.1. The van der Waals surface area contributed by atoms with Crippen LogP contribution in [0.5, 0.6) is 0 Å². The first kappa shape index (κ1) is 39.6. The molecule has 0 aliphatic carbocycles. The van der Waals surface area contributed by atoms with Crippen molar-refractivity contribution in [3.63, 3.8) is 0 Å². The summed E-state index contributed by atoms with van der Waals surface area (Å²) in [5, 5.41) is 23.9. The number of rotatable bonds is 17. The normalized spacial score (nSPS) is 15.3. The average molecular weight is 781 g/mol. The first-order chi connectivity index (χ1) is 24.7. The van der Waals surface area contributed by atoms with Crippen LogP contribution < -0.4 is 22.0 Å². The number of hydrogen-bond acceptors (Lipinski definition) is 9. The smallest absolute Gasteiger partial charge is 0.348 e. The molecule has 0 fully saturated rings. The second kappa shape index (κ2) is 17.8. The van der Waals surface area contributed by atoms with Crippen LogP contribution in [-0.4, -0.2) is 78.8 Å². The van der Waals surface area contributed by atoms with Crippen molar-refractivity contribution in [3.05, 3.63) is 102 Å². The van der Waals surface area contributed by atoms with E-state index in [4.69, 9.17) is 44.6 Å². The van der Waals surface area contributed by atoms with Crippen LogP contribution in [0.1, 0.15) is 53.7 Å². The van der Waals surface area contributed by atoms with Gasteiger partial charge in [-0.05, 0) is 42.7 Å². The zero-order valence-corrected chi connectivity index (χ0v) is 29.4. The Hall–Kier alpha value is -5.19. The molecule has 2 amide bonds. The van der Waals surface area contributed by atoms with Gasteiger partial charge >= 0.3 is 29.3 Å². The van der Waals surface area contributed by atoms with Gasteiger partial charge in [0.2, 0.25) is 11.8 Å². The van der Waals surface area contributed by atoms with E-state index in [1.165, 1.54) is 30.4 Å². The average Bonchev–Trinajstić information content (AvgIpc) is 3.33. The van der Waals surface area contributed by atoms with Crippen molar-refractivity contribution in [2.75, 3.05) is 13.2 Å². The number of ether oxygens (including phenoxy) is 1. The number of nitrogens with one attached hydrogen (secondary N) is 2. The summed E-state index contributed by atoms with van der Waals surface area (Å²) in [5.41, 5.74) is -1.35. The van der Waals surface area contributed by atoms with Gasteiger partial charge in [0.05, 0.1) is 34.5 Å². The summed E-state index contributed by atoms with van der Waals surface area (Å²) in [6.07, 6.45) is 1.50. The summed E-state index contributed by atoms with van der Waals surface area (Å²) >= 11 is 17.9. The molecule has 2 unspecified atom stereocenters. The van der Waals surface area contributed by atoms with E-state index in [0.717, 1.165) is 13.9 Å². The summed E-state index contributed by atoms with van der Waals surface area (Å²) in [6, 6.07) is 6.72. The minimum Gasteiger partial charge on any atom is -0.481 e. The highest BCUT2D eigenvalue weighted by Gasteiger charge is 2.35. The topological polar surface area (TPSA) is 225 Å². The van der Waals surface area contributed by atoms with Crippen LogP contribution in [-0.2, 0) is 41.7 Å². The van der Waals surface area contributed by atoms with Gasteiger partial charge in [-0.3, -0.25) is 24.0 Å². The highest BCUT2D eigenvalue weighted by Crippen LogP contribution is 2.25. The lowest BCUT2D eigenvalue weighted by molar-refractivity contribution is -0.141. The van der Waals surface area contributed by atoms with Crippen molar-refractivity contribution in [3.8, 4) is 0 Å². The van der Waals surface area contributed by atoms with Gasteiger partial charge in [-0.1, -0.05) is 65.2 Å². The molecule has 16 nitrogen and oxygen atoms in total. The lowest BCUT2D eigenvalue weighted by atomic mass is 10.1. The Morgan fingerprint density at radius 1 is 0.865 bits per heavy atom. The van der Waals surface area contributed by atoms with E-state index in [9.17, 15) is 43.5 Å². The molecule has 0 spiro atoms. The van der Waals surface area contributed by atoms with E-state index in [1.54, 1.807) is 24.3 Å². The van der Waals surface area contributed by atoms with E-state index >= 15 is 0 Å². The Kier molecular flexibility index (Phi) is 13.6. The van der Waals surface area contributed by atoms with Crippen LogP contribution in [0.4, 0.5) is 0 Å². The number of halogens is 3. The van der Waals surface area contributed by atoms with Crippen molar-refractivity contribution < 1.29 is 43.7 Å². The highest BCUT2D eigenvalue weighted by atomic mass is 35.5. The molecule has 276 valence electrons. The number of ketones is 1. The van der Waals surface area contributed by atoms with Crippen molar-refractivity contribution in [1.29, 1.82) is 0 Å². The SMILES string of the molecule is O=C(O)CCCn1c(=O)n2n(c1=O)C(C(=O)N[C@@H](CC(=O)O)C(=O)COC(=O)c1c(Cl)cccc1Cl)C=CC2CCNC(=O)Cc1ccc(Cl)cc1. The van der Waals surface area contributed by atoms with Gasteiger partial charge in [0, 0.05) is 24.5 Å². The van der Waals surface area contributed by atoms with Crippen LogP contribution in [0.25, 0.3) is 0 Å². The highest BCUT2D eigenvalue weighted by molar-refractivity contribution is 6.39. The number of hydrogen-bond donors (Lipinski definition) is 4. The quantitative estimate of drug-likeness (QED) is 0.115. The van der Waals surface area contributed by atoms with Crippen molar-refractivity contribution in [1.82, 2.24) is 24.6 Å². The monoisotopic (exact) mass is 779 g/mol. The minimum atomic E-state index is -1.74.